The van der Waals surface area contributed by atoms with Crippen molar-refractivity contribution in [3.05, 3.63) is 12.2 Å². The second-order valence-electron chi connectivity index (χ2n) is 6.74. The van der Waals surface area contributed by atoms with E-state index in [1.54, 1.807) is 0 Å². The number of ether oxygens (including phenoxy) is 2. The van der Waals surface area contributed by atoms with Gasteiger partial charge in [0.2, 0.25) is 0 Å². The molecule has 0 bridgehead atoms. The van der Waals surface area contributed by atoms with Crippen LogP contribution in [0, 0.1) is 17.3 Å². The molecule has 90 valence electrons. The Kier molecular flexibility index (Phi) is 2.25. The van der Waals surface area contributed by atoms with Gasteiger partial charge in [-0.1, -0.05) is 26.0 Å². The van der Waals surface area contributed by atoms with Gasteiger partial charge >= 0.3 is 0 Å². The molecule has 2 nitrogen and oxygen atoms in total. The van der Waals surface area contributed by atoms with Crippen LogP contribution in [-0.2, 0) is 9.47 Å². The predicted molar refractivity (Wildman–Crippen MR) is 63.0 cm³/mol. The third-order valence-corrected chi connectivity index (χ3v) is 4.37. The fraction of sp³-hybridized carbons (Fsp3) is 0.857. The molecule has 0 N–H and O–H groups in total. The Bertz CT molecular complexity index is 291. The number of rotatable bonds is 0. The van der Waals surface area contributed by atoms with Gasteiger partial charge in [0.15, 0.2) is 5.79 Å². The normalized spacial score (nSPS) is 40.2. The van der Waals surface area contributed by atoms with Crippen LogP contribution in [0.2, 0.25) is 0 Å². The van der Waals surface area contributed by atoms with E-state index < -0.39 is 0 Å². The van der Waals surface area contributed by atoms with Crippen molar-refractivity contribution in [2.24, 2.45) is 17.3 Å². The van der Waals surface area contributed by atoms with E-state index in [2.05, 4.69) is 20.4 Å². The molecule has 3 fully saturated rings. The first kappa shape index (κ1) is 10.8. The maximum absolute atomic E-state index is 6.06. The summed E-state index contributed by atoms with van der Waals surface area (Å²) in [7, 11) is 0. The average molecular weight is 222 g/mol. The first-order chi connectivity index (χ1) is 7.48. The number of hydrogen-bond acceptors (Lipinski definition) is 2. The van der Waals surface area contributed by atoms with Crippen molar-refractivity contribution in [1.82, 2.24) is 0 Å². The van der Waals surface area contributed by atoms with Gasteiger partial charge in [-0.25, -0.2) is 0 Å². The van der Waals surface area contributed by atoms with Crippen molar-refractivity contribution >= 4 is 0 Å². The molecule has 0 aromatic heterocycles. The van der Waals surface area contributed by atoms with E-state index in [0.717, 1.165) is 37.9 Å². The lowest BCUT2D eigenvalue weighted by atomic mass is 9.94. The van der Waals surface area contributed by atoms with E-state index in [4.69, 9.17) is 9.47 Å². The maximum atomic E-state index is 6.06. The Morgan fingerprint density at radius 1 is 1.06 bits per heavy atom. The molecule has 1 aliphatic heterocycles. The summed E-state index contributed by atoms with van der Waals surface area (Å²) in [5.74, 6) is 1.31. The van der Waals surface area contributed by atoms with Gasteiger partial charge < -0.3 is 9.47 Å². The minimum Gasteiger partial charge on any atom is -0.349 e. The highest BCUT2D eigenvalue weighted by atomic mass is 16.7. The first-order valence-corrected chi connectivity index (χ1v) is 6.43. The van der Waals surface area contributed by atoms with Crippen molar-refractivity contribution < 1.29 is 9.47 Å². The van der Waals surface area contributed by atoms with Crippen LogP contribution >= 0.6 is 0 Å². The van der Waals surface area contributed by atoms with Gasteiger partial charge in [0.05, 0.1) is 13.2 Å². The van der Waals surface area contributed by atoms with Crippen LogP contribution in [-0.4, -0.2) is 19.0 Å². The lowest BCUT2D eigenvalue weighted by Gasteiger charge is -2.42. The molecule has 2 saturated carbocycles. The fourth-order valence-corrected chi connectivity index (χ4v) is 3.49. The second kappa shape index (κ2) is 3.33. The molecular weight excluding hydrogens is 200 g/mol. The molecule has 16 heavy (non-hydrogen) atoms. The third-order valence-electron chi connectivity index (χ3n) is 4.37. The molecule has 2 atom stereocenters. The molecule has 0 aromatic carbocycles. The lowest BCUT2D eigenvalue weighted by molar-refractivity contribution is -0.297. The minimum atomic E-state index is -0.231. The van der Waals surface area contributed by atoms with Gasteiger partial charge in [-0.2, -0.15) is 0 Å². The number of allylic oxidation sites excluding steroid dienone is 1. The zero-order chi connectivity index (χ0) is 11.4. The zero-order valence-electron chi connectivity index (χ0n) is 10.4. The second-order valence-corrected chi connectivity index (χ2v) is 6.74. The van der Waals surface area contributed by atoms with Gasteiger partial charge in [-0.3, -0.25) is 0 Å². The van der Waals surface area contributed by atoms with Crippen molar-refractivity contribution in [1.29, 1.82) is 0 Å². The molecule has 2 unspecified atom stereocenters. The van der Waals surface area contributed by atoms with E-state index in [1.165, 1.54) is 18.4 Å². The summed E-state index contributed by atoms with van der Waals surface area (Å²) in [6.07, 6.45) is 4.57. The Morgan fingerprint density at radius 3 is 2.06 bits per heavy atom. The van der Waals surface area contributed by atoms with Crippen LogP contribution in [0.1, 0.15) is 39.5 Å². The minimum absolute atomic E-state index is 0.187. The molecule has 0 amide bonds. The van der Waals surface area contributed by atoms with Crippen molar-refractivity contribution in [3.8, 4) is 0 Å². The summed E-state index contributed by atoms with van der Waals surface area (Å²) in [6.45, 7) is 10.2. The van der Waals surface area contributed by atoms with E-state index >= 15 is 0 Å². The van der Waals surface area contributed by atoms with Crippen molar-refractivity contribution in [3.63, 3.8) is 0 Å². The Morgan fingerprint density at radius 2 is 1.56 bits per heavy atom. The Hall–Kier alpha value is -0.340. The molecule has 1 saturated heterocycles. The van der Waals surface area contributed by atoms with Gasteiger partial charge in [0.25, 0.3) is 0 Å². The fourth-order valence-electron chi connectivity index (χ4n) is 3.49. The van der Waals surface area contributed by atoms with Gasteiger partial charge in [0, 0.05) is 18.3 Å². The van der Waals surface area contributed by atoms with E-state index in [9.17, 15) is 0 Å². The molecule has 3 aliphatic rings. The molecule has 1 spiro atoms. The van der Waals surface area contributed by atoms with E-state index in [1.807, 2.05) is 0 Å². The molecule has 1 heterocycles. The van der Waals surface area contributed by atoms with Crippen LogP contribution in [0.15, 0.2) is 12.2 Å². The highest BCUT2D eigenvalue weighted by molar-refractivity contribution is 5.11. The first-order valence-electron chi connectivity index (χ1n) is 6.43. The Labute approximate surface area is 98.0 Å². The summed E-state index contributed by atoms with van der Waals surface area (Å²) < 4.78 is 12.1. The van der Waals surface area contributed by atoms with Gasteiger partial charge in [0.1, 0.15) is 0 Å². The zero-order valence-corrected chi connectivity index (χ0v) is 10.4. The van der Waals surface area contributed by atoms with Crippen molar-refractivity contribution in [2.45, 2.75) is 45.3 Å². The number of fused-ring (bicyclic) bond motifs is 1. The van der Waals surface area contributed by atoms with Gasteiger partial charge in [-0.15, -0.1) is 0 Å². The topological polar surface area (TPSA) is 18.5 Å². The molecule has 3 rings (SSSR count). The van der Waals surface area contributed by atoms with E-state index in [-0.39, 0.29) is 11.2 Å². The highest BCUT2D eigenvalue weighted by Gasteiger charge is 2.52. The summed E-state index contributed by atoms with van der Waals surface area (Å²) in [4.78, 5) is 0. The standard InChI is InChI=1S/C14H22O2/c1-10-4-11-6-14(7-12(11)5-10)15-8-13(2,3)9-16-14/h11-12H,1,4-9H2,2-3H3. The highest BCUT2D eigenvalue weighted by Crippen LogP contribution is 2.53. The molecule has 2 heteroatoms. The molecule has 0 radical (unpaired) electrons. The monoisotopic (exact) mass is 222 g/mol. The summed E-state index contributed by atoms with van der Waals surface area (Å²) in [5.41, 5.74) is 1.62. The van der Waals surface area contributed by atoms with Crippen LogP contribution in [0.3, 0.4) is 0 Å². The van der Waals surface area contributed by atoms with Crippen LogP contribution in [0.5, 0.6) is 0 Å². The molecule has 2 aliphatic carbocycles. The number of hydrogen-bond donors (Lipinski definition) is 0. The van der Waals surface area contributed by atoms with Crippen LogP contribution in [0.4, 0.5) is 0 Å². The van der Waals surface area contributed by atoms with Crippen LogP contribution in [0.25, 0.3) is 0 Å². The lowest BCUT2D eigenvalue weighted by Crippen LogP contribution is -2.46. The summed E-state index contributed by atoms with van der Waals surface area (Å²) in [5, 5.41) is 0. The maximum Gasteiger partial charge on any atom is 0.168 e. The Balaban J connectivity index is 1.68. The smallest absolute Gasteiger partial charge is 0.168 e. The average Bonchev–Trinajstić information content (AvgIpc) is 2.66. The van der Waals surface area contributed by atoms with Crippen LogP contribution < -0.4 is 0 Å². The quantitative estimate of drug-likeness (QED) is 0.586. The largest absolute Gasteiger partial charge is 0.349 e. The SMILES string of the molecule is C=C1CC2CC3(CC2C1)OCC(C)(C)CO3. The van der Waals surface area contributed by atoms with Crippen molar-refractivity contribution in [2.75, 3.05) is 13.2 Å². The summed E-state index contributed by atoms with van der Waals surface area (Å²) in [6, 6.07) is 0. The van der Waals surface area contributed by atoms with E-state index in [0.29, 0.717) is 0 Å². The van der Waals surface area contributed by atoms with Gasteiger partial charge in [-0.05, 0) is 24.7 Å². The third kappa shape index (κ3) is 1.72. The molecule has 0 aromatic rings. The predicted octanol–water partition coefficient (Wildman–Crippen LogP) is 3.13. The summed E-state index contributed by atoms with van der Waals surface area (Å²) >= 11 is 0. The molecular formula is C14H22O2.